The van der Waals surface area contributed by atoms with Gasteiger partial charge in [-0.25, -0.2) is 4.99 Å². The number of nitrogens with one attached hydrogen (secondary N) is 2. The summed E-state index contributed by atoms with van der Waals surface area (Å²) in [6, 6.07) is 12.5. The van der Waals surface area contributed by atoms with Gasteiger partial charge in [-0.3, -0.25) is 0 Å². The number of hydrogen-bond donors (Lipinski definition) is 2. The van der Waals surface area contributed by atoms with Gasteiger partial charge in [0.1, 0.15) is 5.75 Å². The van der Waals surface area contributed by atoms with E-state index in [0.717, 1.165) is 67.7 Å². The number of rotatable bonds is 6. The number of fused-ring (bicyclic) bond motifs is 2. The molecule has 0 saturated carbocycles. The molecule has 0 bridgehead atoms. The van der Waals surface area contributed by atoms with E-state index in [9.17, 15) is 0 Å². The van der Waals surface area contributed by atoms with Crippen LogP contribution in [0.1, 0.15) is 30.0 Å². The van der Waals surface area contributed by atoms with Crippen LogP contribution in [-0.2, 0) is 19.4 Å². The highest BCUT2D eigenvalue weighted by atomic mass is 16.5. The van der Waals surface area contributed by atoms with Crippen LogP contribution in [0.5, 0.6) is 17.2 Å². The third-order valence-electron chi connectivity index (χ3n) is 5.04. The molecule has 4 rings (SSSR count). The Morgan fingerprint density at radius 1 is 0.897 bits per heavy atom. The molecule has 2 aliphatic heterocycles. The van der Waals surface area contributed by atoms with Crippen LogP contribution in [0.15, 0.2) is 41.4 Å². The van der Waals surface area contributed by atoms with Crippen molar-refractivity contribution in [2.45, 2.75) is 32.7 Å². The Morgan fingerprint density at radius 2 is 1.69 bits per heavy atom. The van der Waals surface area contributed by atoms with Gasteiger partial charge in [0.25, 0.3) is 0 Å². The summed E-state index contributed by atoms with van der Waals surface area (Å²) in [4.78, 5) is 4.72. The second-order valence-electron chi connectivity index (χ2n) is 7.24. The molecule has 29 heavy (non-hydrogen) atoms. The summed E-state index contributed by atoms with van der Waals surface area (Å²) in [6.07, 6.45) is 2.87. The third-order valence-corrected chi connectivity index (χ3v) is 5.04. The molecule has 0 radical (unpaired) electrons. The largest absolute Gasteiger partial charge is 0.493 e. The smallest absolute Gasteiger partial charge is 0.191 e. The van der Waals surface area contributed by atoms with E-state index >= 15 is 0 Å². The van der Waals surface area contributed by atoms with Gasteiger partial charge in [0.15, 0.2) is 17.5 Å². The van der Waals surface area contributed by atoms with E-state index in [4.69, 9.17) is 19.2 Å². The average Bonchev–Trinajstić information content (AvgIpc) is 3.08. The summed E-state index contributed by atoms with van der Waals surface area (Å²) in [5.41, 5.74) is 3.74. The lowest BCUT2D eigenvalue weighted by molar-refractivity contribution is 0.297. The van der Waals surface area contributed by atoms with Crippen molar-refractivity contribution in [3.05, 3.63) is 53.1 Å². The molecule has 0 saturated heterocycles. The van der Waals surface area contributed by atoms with Crippen molar-refractivity contribution < 1.29 is 14.2 Å². The number of ether oxygens (including phenoxy) is 3. The minimum atomic E-state index is 0.585. The molecule has 154 valence electrons. The molecule has 0 fully saturated rings. The highest BCUT2D eigenvalue weighted by molar-refractivity contribution is 5.79. The highest BCUT2D eigenvalue weighted by Crippen LogP contribution is 2.30. The van der Waals surface area contributed by atoms with Crippen LogP contribution < -0.4 is 24.8 Å². The van der Waals surface area contributed by atoms with E-state index in [-0.39, 0.29) is 0 Å². The second-order valence-corrected chi connectivity index (χ2v) is 7.24. The second kappa shape index (κ2) is 9.54. The van der Waals surface area contributed by atoms with Crippen LogP contribution in [0.25, 0.3) is 0 Å². The lowest BCUT2D eigenvalue weighted by Gasteiger charge is -2.12. The topological polar surface area (TPSA) is 64.1 Å². The standard InChI is InChI=1S/C23H29N3O3/c1-2-24-23(25-10-8-17-4-6-20-19(14-17)9-13-29-20)26-16-18-5-7-21-22(15-18)28-12-3-11-27-21/h4-7,14-15H,2-3,8-13,16H2,1H3,(H2,24,25,26). The number of aliphatic imine (C=N–C) groups is 1. The van der Waals surface area contributed by atoms with Crippen LogP contribution >= 0.6 is 0 Å². The van der Waals surface area contributed by atoms with Gasteiger partial charge in [-0.05, 0) is 48.2 Å². The lowest BCUT2D eigenvalue weighted by atomic mass is 10.1. The van der Waals surface area contributed by atoms with E-state index in [1.165, 1.54) is 11.1 Å². The first-order chi connectivity index (χ1) is 14.3. The maximum Gasteiger partial charge on any atom is 0.191 e. The lowest BCUT2D eigenvalue weighted by Crippen LogP contribution is -2.38. The molecule has 2 aliphatic rings. The first-order valence-corrected chi connectivity index (χ1v) is 10.5. The normalized spacial score (nSPS) is 15.3. The maximum atomic E-state index is 5.78. The van der Waals surface area contributed by atoms with Crippen molar-refractivity contribution >= 4 is 5.96 Å². The van der Waals surface area contributed by atoms with Gasteiger partial charge in [0, 0.05) is 25.9 Å². The number of hydrogen-bond acceptors (Lipinski definition) is 4. The number of guanidine groups is 1. The summed E-state index contributed by atoms with van der Waals surface area (Å²) in [5, 5.41) is 6.75. The first-order valence-electron chi connectivity index (χ1n) is 10.5. The predicted octanol–water partition coefficient (Wildman–Crippen LogP) is 3.08. The van der Waals surface area contributed by atoms with Gasteiger partial charge in [-0.2, -0.15) is 0 Å². The van der Waals surface area contributed by atoms with Gasteiger partial charge < -0.3 is 24.8 Å². The quantitative estimate of drug-likeness (QED) is 0.581. The fourth-order valence-corrected chi connectivity index (χ4v) is 3.54. The molecule has 0 unspecified atom stereocenters. The van der Waals surface area contributed by atoms with E-state index in [1.54, 1.807) is 0 Å². The molecule has 6 nitrogen and oxygen atoms in total. The van der Waals surface area contributed by atoms with Gasteiger partial charge in [-0.15, -0.1) is 0 Å². The Labute approximate surface area is 172 Å². The van der Waals surface area contributed by atoms with Crippen molar-refractivity contribution in [2.24, 2.45) is 4.99 Å². The molecule has 2 N–H and O–H groups in total. The molecule has 6 heteroatoms. The molecular formula is C23H29N3O3. The zero-order valence-electron chi connectivity index (χ0n) is 17.0. The summed E-state index contributed by atoms with van der Waals surface area (Å²) >= 11 is 0. The summed E-state index contributed by atoms with van der Waals surface area (Å²) < 4.78 is 17.1. The molecule has 2 heterocycles. The minimum absolute atomic E-state index is 0.585. The molecule has 0 aliphatic carbocycles. The van der Waals surface area contributed by atoms with Gasteiger partial charge >= 0.3 is 0 Å². The predicted molar refractivity (Wildman–Crippen MR) is 114 cm³/mol. The molecule has 2 aromatic carbocycles. The van der Waals surface area contributed by atoms with E-state index < -0.39 is 0 Å². The zero-order chi connectivity index (χ0) is 19.9. The van der Waals surface area contributed by atoms with Crippen LogP contribution in [0, 0.1) is 0 Å². The summed E-state index contributed by atoms with van der Waals surface area (Å²) in [5.74, 6) is 3.49. The molecule has 0 spiro atoms. The van der Waals surface area contributed by atoms with Gasteiger partial charge in [0.2, 0.25) is 0 Å². The Balaban J connectivity index is 1.33. The monoisotopic (exact) mass is 395 g/mol. The Hall–Kier alpha value is -2.89. The van der Waals surface area contributed by atoms with Crippen LogP contribution in [0.3, 0.4) is 0 Å². The summed E-state index contributed by atoms with van der Waals surface area (Å²) in [6.45, 7) is 6.51. The first kappa shape index (κ1) is 19.4. The third kappa shape index (κ3) is 5.13. The molecule has 2 aromatic rings. The fraction of sp³-hybridized carbons (Fsp3) is 0.435. The highest BCUT2D eigenvalue weighted by Gasteiger charge is 2.12. The summed E-state index contributed by atoms with van der Waals surface area (Å²) in [7, 11) is 0. The van der Waals surface area contributed by atoms with Crippen molar-refractivity contribution in [3.8, 4) is 17.2 Å². The van der Waals surface area contributed by atoms with Crippen molar-refractivity contribution in [2.75, 3.05) is 32.9 Å². The van der Waals surface area contributed by atoms with Gasteiger partial charge in [0.05, 0.1) is 26.4 Å². The maximum absolute atomic E-state index is 5.78. The van der Waals surface area contributed by atoms with E-state index in [2.05, 4.69) is 35.8 Å². The van der Waals surface area contributed by atoms with E-state index in [1.807, 2.05) is 18.2 Å². The van der Waals surface area contributed by atoms with Crippen molar-refractivity contribution in [1.82, 2.24) is 10.6 Å². The molecular weight excluding hydrogens is 366 g/mol. The number of nitrogens with zero attached hydrogens (tertiary/aromatic N) is 1. The van der Waals surface area contributed by atoms with Gasteiger partial charge in [-0.1, -0.05) is 18.2 Å². The Kier molecular flexibility index (Phi) is 6.39. The number of benzene rings is 2. The average molecular weight is 396 g/mol. The molecule has 0 aromatic heterocycles. The molecule has 0 amide bonds. The minimum Gasteiger partial charge on any atom is -0.493 e. The fourth-order valence-electron chi connectivity index (χ4n) is 3.54. The van der Waals surface area contributed by atoms with E-state index in [0.29, 0.717) is 19.8 Å². The Bertz CT molecular complexity index is 866. The van der Waals surface area contributed by atoms with Crippen LogP contribution in [0.2, 0.25) is 0 Å². The van der Waals surface area contributed by atoms with Crippen molar-refractivity contribution in [3.63, 3.8) is 0 Å². The van der Waals surface area contributed by atoms with Crippen LogP contribution in [0.4, 0.5) is 0 Å². The van der Waals surface area contributed by atoms with Crippen LogP contribution in [-0.4, -0.2) is 38.9 Å². The zero-order valence-corrected chi connectivity index (χ0v) is 17.0. The SMILES string of the molecule is CCNC(=NCc1ccc2c(c1)OCCCO2)NCCc1ccc2c(c1)CCO2. The Morgan fingerprint density at radius 3 is 2.59 bits per heavy atom. The molecule has 0 atom stereocenters. The van der Waals surface area contributed by atoms with Crippen molar-refractivity contribution in [1.29, 1.82) is 0 Å².